The lowest BCUT2D eigenvalue weighted by atomic mass is 9.88. The van der Waals surface area contributed by atoms with E-state index in [1.165, 1.54) is 6.08 Å². The zero-order chi connectivity index (χ0) is 10.6. The van der Waals surface area contributed by atoms with Crippen LogP contribution in [0.15, 0.2) is 24.3 Å². The summed E-state index contributed by atoms with van der Waals surface area (Å²) in [5, 5.41) is 9.85. The van der Waals surface area contributed by atoms with Crippen molar-refractivity contribution >= 4 is 5.78 Å². The summed E-state index contributed by atoms with van der Waals surface area (Å²) < 4.78 is 0. The Morgan fingerprint density at radius 2 is 2.29 bits per heavy atom. The summed E-state index contributed by atoms with van der Waals surface area (Å²) in [5.41, 5.74) is -0.933. The van der Waals surface area contributed by atoms with Gasteiger partial charge in [0.25, 0.3) is 0 Å². The smallest absolute Gasteiger partial charge is 0.161 e. The van der Waals surface area contributed by atoms with Crippen molar-refractivity contribution in [2.75, 3.05) is 0 Å². The van der Waals surface area contributed by atoms with Crippen LogP contribution in [-0.4, -0.2) is 16.5 Å². The van der Waals surface area contributed by atoms with E-state index in [0.717, 1.165) is 19.3 Å². The van der Waals surface area contributed by atoms with Crippen LogP contribution in [0, 0.1) is 5.92 Å². The Morgan fingerprint density at radius 3 is 2.79 bits per heavy atom. The minimum atomic E-state index is -0.933. The number of carbonyl (C=O) groups excluding carboxylic acids is 1. The first-order valence-corrected chi connectivity index (χ1v) is 5.18. The van der Waals surface area contributed by atoms with E-state index in [9.17, 15) is 9.90 Å². The molecule has 1 aliphatic rings. The molecule has 2 nitrogen and oxygen atoms in total. The van der Waals surface area contributed by atoms with E-state index in [4.69, 9.17) is 0 Å². The third-order valence-corrected chi connectivity index (χ3v) is 2.66. The van der Waals surface area contributed by atoms with Gasteiger partial charge in [-0.25, -0.2) is 0 Å². The summed E-state index contributed by atoms with van der Waals surface area (Å²) in [5.74, 6) is -0.191. The van der Waals surface area contributed by atoms with Crippen LogP contribution in [0.4, 0.5) is 0 Å². The maximum Gasteiger partial charge on any atom is 0.161 e. The summed E-state index contributed by atoms with van der Waals surface area (Å²) in [4.78, 5) is 11.4. The second-order valence-electron chi connectivity index (χ2n) is 3.97. The van der Waals surface area contributed by atoms with Crippen molar-refractivity contribution in [3.63, 3.8) is 0 Å². The summed E-state index contributed by atoms with van der Waals surface area (Å²) in [6, 6.07) is 0. The first kappa shape index (κ1) is 11.2. The van der Waals surface area contributed by atoms with Crippen molar-refractivity contribution in [3.8, 4) is 0 Å². The van der Waals surface area contributed by atoms with Crippen molar-refractivity contribution < 1.29 is 9.90 Å². The van der Waals surface area contributed by atoms with Gasteiger partial charge in [-0.3, -0.25) is 4.79 Å². The number of aliphatic hydroxyl groups is 1. The molecule has 0 saturated carbocycles. The van der Waals surface area contributed by atoms with Crippen molar-refractivity contribution in [2.45, 2.75) is 38.7 Å². The highest BCUT2D eigenvalue weighted by molar-refractivity contribution is 5.95. The molecule has 0 fully saturated rings. The van der Waals surface area contributed by atoms with Crippen LogP contribution in [0.3, 0.4) is 0 Å². The Labute approximate surface area is 85.3 Å². The molecular weight excluding hydrogens is 176 g/mol. The largest absolute Gasteiger partial charge is 0.385 e. The number of ketones is 1. The molecule has 0 heterocycles. The molecule has 0 aromatic heterocycles. The fourth-order valence-electron chi connectivity index (χ4n) is 1.75. The van der Waals surface area contributed by atoms with E-state index in [2.05, 4.69) is 19.1 Å². The normalized spacial score (nSPS) is 31.9. The molecule has 0 aliphatic heterocycles. The Hall–Kier alpha value is -0.890. The molecule has 0 aromatic rings. The van der Waals surface area contributed by atoms with E-state index in [0.29, 0.717) is 0 Å². The first-order chi connectivity index (χ1) is 6.58. The zero-order valence-electron chi connectivity index (χ0n) is 8.86. The Kier molecular flexibility index (Phi) is 3.64. The summed E-state index contributed by atoms with van der Waals surface area (Å²) in [7, 11) is 0. The van der Waals surface area contributed by atoms with Crippen LogP contribution in [0.5, 0.6) is 0 Å². The fourth-order valence-corrected chi connectivity index (χ4v) is 1.75. The summed E-state index contributed by atoms with van der Waals surface area (Å²) >= 11 is 0. The van der Waals surface area contributed by atoms with E-state index in [1.54, 1.807) is 13.0 Å². The van der Waals surface area contributed by atoms with Gasteiger partial charge in [-0.05, 0) is 38.3 Å². The Bertz CT molecular complexity index is 261. The molecule has 2 unspecified atom stereocenters. The third kappa shape index (κ3) is 2.55. The molecule has 0 spiro atoms. The number of hydrogen-bond donors (Lipinski definition) is 1. The standard InChI is InChI=1S/C12H18O2/c1-3-4-5-6-7-10-11(13)8-9-12(10,2)14/h4-5,8-10,14H,3,6-7H2,1-2H3. The van der Waals surface area contributed by atoms with E-state index in [1.807, 2.05) is 0 Å². The lowest BCUT2D eigenvalue weighted by molar-refractivity contribution is -0.122. The van der Waals surface area contributed by atoms with Crippen LogP contribution in [0.2, 0.25) is 0 Å². The molecule has 0 bridgehead atoms. The third-order valence-electron chi connectivity index (χ3n) is 2.66. The van der Waals surface area contributed by atoms with Crippen LogP contribution < -0.4 is 0 Å². The Morgan fingerprint density at radius 1 is 1.57 bits per heavy atom. The molecule has 14 heavy (non-hydrogen) atoms. The van der Waals surface area contributed by atoms with Crippen LogP contribution in [0.25, 0.3) is 0 Å². The van der Waals surface area contributed by atoms with E-state index in [-0.39, 0.29) is 11.7 Å². The van der Waals surface area contributed by atoms with Crippen molar-refractivity contribution in [1.82, 2.24) is 0 Å². The van der Waals surface area contributed by atoms with Crippen molar-refractivity contribution in [2.24, 2.45) is 5.92 Å². The Balaban J connectivity index is 2.45. The number of rotatable bonds is 4. The van der Waals surface area contributed by atoms with Gasteiger partial charge < -0.3 is 5.11 Å². The number of hydrogen-bond acceptors (Lipinski definition) is 2. The quantitative estimate of drug-likeness (QED) is 0.697. The predicted octanol–water partition coefficient (Wildman–Crippen LogP) is 2.24. The fraction of sp³-hybridized carbons (Fsp3) is 0.583. The number of allylic oxidation sites excluding steroid dienone is 3. The minimum Gasteiger partial charge on any atom is -0.385 e. The number of carbonyl (C=O) groups is 1. The van der Waals surface area contributed by atoms with Gasteiger partial charge in [-0.2, -0.15) is 0 Å². The van der Waals surface area contributed by atoms with Gasteiger partial charge in [0.15, 0.2) is 5.78 Å². The SMILES string of the molecule is CCC=CCCC1C(=O)C=CC1(C)O. The highest BCUT2D eigenvalue weighted by atomic mass is 16.3. The lowest BCUT2D eigenvalue weighted by Crippen LogP contribution is -2.32. The monoisotopic (exact) mass is 194 g/mol. The summed E-state index contributed by atoms with van der Waals surface area (Å²) in [6.45, 7) is 3.78. The van der Waals surface area contributed by atoms with Gasteiger partial charge in [-0.1, -0.05) is 19.1 Å². The molecule has 1 aliphatic carbocycles. The van der Waals surface area contributed by atoms with Gasteiger partial charge in [-0.15, -0.1) is 0 Å². The van der Waals surface area contributed by atoms with Crippen LogP contribution >= 0.6 is 0 Å². The molecule has 0 radical (unpaired) electrons. The predicted molar refractivity (Wildman–Crippen MR) is 56.9 cm³/mol. The molecule has 0 saturated heterocycles. The van der Waals surface area contributed by atoms with Crippen molar-refractivity contribution in [3.05, 3.63) is 24.3 Å². The van der Waals surface area contributed by atoms with Gasteiger partial charge in [0.05, 0.1) is 11.5 Å². The molecular formula is C12H18O2. The van der Waals surface area contributed by atoms with E-state index < -0.39 is 5.60 Å². The molecule has 0 amide bonds. The highest BCUT2D eigenvalue weighted by Gasteiger charge is 2.37. The van der Waals surface area contributed by atoms with Gasteiger partial charge in [0.2, 0.25) is 0 Å². The minimum absolute atomic E-state index is 0.0555. The second-order valence-corrected chi connectivity index (χ2v) is 3.97. The van der Waals surface area contributed by atoms with Gasteiger partial charge in [0, 0.05) is 0 Å². The van der Waals surface area contributed by atoms with Crippen molar-refractivity contribution in [1.29, 1.82) is 0 Å². The second kappa shape index (κ2) is 4.56. The average molecular weight is 194 g/mol. The molecule has 1 rings (SSSR count). The topological polar surface area (TPSA) is 37.3 Å². The maximum absolute atomic E-state index is 11.4. The highest BCUT2D eigenvalue weighted by Crippen LogP contribution is 2.30. The van der Waals surface area contributed by atoms with Gasteiger partial charge in [0.1, 0.15) is 0 Å². The molecule has 1 N–H and O–H groups in total. The molecule has 2 heteroatoms. The lowest BCUT2D eigenvalue weighted by Gasteiger charge is -2.22. The van der Waals surface area contributed by atoms with Crippen LogP contribution in [-0.2, 0) is 4.79 Å². The summed E-state index contributed by atoms with van der Waals surface area (Å²) in [6.07, 6.45) is 9.87. The van der Waals surface area contributed by atoms with Gasteiger partial charge >= 0.3 is 0 Å². The van der Waals surface area contributed by atoms with Crippen LogP contribution in [0.1, 0.15) is 33.1 Å². The van der Waals surface area contributed by atoms with E-state index >= 15 is 0 Å². The zero-order valence-corrected chi connectivity index (χ0v) is 8.86. The first-order valence-electron chi connectivity index (χ1n) is 5.18. The molecule has 0 aromatic carbocycles. The average Bonchev–Trinajstić information content (AvgIpc) is 2.38. The molecule has 78 valence electrons. The molecule has 2 atom stereocenters. The maximum atomic E-state index is 11.4.